The summed E-state index contributed by atoms with van der Waals surface area (Å²) < 4.78 is 10.3. The number of hydrogen-bond donors (Lipinski definition) is 2. The first kappa shape index (κ1) is 26.3. The molecular weight excluding hydrogens is 458 g/mol. The van der Waals surface area contributed by atoms with Crippen LogP contribution in [0.15, 0.2) is 84.9 Å². The highest BCUT2D eigenvalue weighted by atomic mass is 16.5. The summed E-state index contributed by atoms with van der Waals surface area (Å²) in [5, 5.41) is 5.37. The molecule has 0 heterocycles. The summed E-state index contributed by atoms with van der Waals surface area (Å²) >= 11 is 0. The van der Waals surface area contributed by atoms with Gasteiger partial charge in [-0.15, -0.1) is 0 Å². The summed E-state index contributed by atoms with van der Waals surface area (Å²) in [4.78, 5) is 39.4. The Labute approximate surface area is 211 Å². The monoisotopic (exact) mass is 489 g/mol. The Morgan fingerprint density at radius 1 is 0.806 bits per heavy atom. The molecule has 8 nitrogen and oxygen atoms in total. The van der Waals surface area contributed by atoms with Crippen LogP contribution >= 0.6 is 0 Å². The standard InChI is InChI=1S/C28H31N3O5/c1-31(26(32)19-30-28(34)36-20-23-11-7-4-8-12-23)25(17-21-9-5-3-6-10-21)27(33)29-18-22-13-15-24(35-2)16-14-22/h3-16,25H,17-20H2,1-2H3,(H,29,33)(H,30,34)/t25-/m1/s1. The van der Waals surface area contributed by atoms with E-state index in [0.29, 0.717) is 13.0 Å². The number of methoxy groups -OCH3 is 1. The Bertz CT molecular complexity index is 1120. The van der Waals surface area contributed by atoms with Crippen LogP contribution in [-0.4, -0.2) is 49.6 Å². The Balaban J connectivity index is 1.58. The lowest BCUT2D eigenvalue weighted by Gasteiger charge is -2.27. The van der Waals surface area contributed by atoms with Crippen LogP contribution in [0.25, 0.3) is 0 Å². The highest BCUT2D eigenvalue weighted by molar-refractivity contribution is 5.89. The largest absolute Gasteiger partial charge is 0.497 e. The van der Waals surface area contributed by atoms with Crippen LogP contribution in [0.1, 0.15) is 16.7 Å². The van der Waals surface area contributed by atoms with E-state index in [4.69, 9.17) is 9.47 Å². The van der Waals surface area contributed by atoms with Gasteiger partial charge in [0.25, 0.3) is 0 Å². The van der Waals surface area contributed by atoms with Crippen LogP contribution in [0, 0.1) is 0 Å². The van der Waals surface area contributed by atoms with Crippen molar-refractivity contribution in [2.45, 2.75) is 25.6 Å². The smallest absolute Gasteiger partial charge is 0.407 e. The predicted molar refractivity (Wildman–Crippen MR) is 136 cm³/mol. The van der Waals surface area contributed by atoms with Crippen LogP contribution in [0.5, 0.6) is 5.75 Å². The molecule has 8 heteroatoms. The summed E-state index contributed by atoms with van der Waals surface area (Å²) in [6.07, 6.45) is -0.375. The molecule has 0 aliphatic rings. The number of rotatable bonds is 11. The SMILES string of the molecule is COc1ccc(CNC(=O)[C@@H](Cc2ccccc2)N(C)C(=O)CNC(=O)OCc2ccccc2)cc1. The van der Waals surface area contributed by atoms with Crippen molar-refractivity contribution in [1.29, 1.82) is 0 Å². The van der Waals surface area contributed by atoms with Gasteiger partial charge < -0.3 is 25.0 Å². The highest BCUT2D eigenvalue weighted by Gasteiger charge is 2.27. The van der Waals surface area contributed by atoms with Crippen molar-refractivity contribution in [3.05, 3.63) is 102 Å². The molecule has 3 amide bonds. The maximum atomic E-state index is 13.1. The van der Waals surface area contributed by atoms with Gasteiger partial charge in [0.05, 0.1) is 7.11 Å². The number of nitrogens with zero attached hydrogens (tertiary/aromatic N) is 1. The number of likely N-dealkylation sites (N-methyl/N-ethyl adjacent to an activating group) is 1. The van der Waals surface area contributed by atoms with Gasteiger partial charge in [-0.1, -0.05) is 72.8 Å². The number of hydrogen-bond acceptors (Lipinski definition) is 5. The summed E-state index contributed by atoms with van der Waals surface area (Å²) in [5.41, 5.74) is 2.66. The third-order valence-electron chi connectivity index (χ3n) is 5.66. The topological polar surface area (TPSA) is 97.0 Å². The molecule has 0 bridgehead atoms. The predicted octanol–water partition coefficient (Wildman–Crippen LogP) is 3.31. The zero-order valence-corrected chi connectivity index (χ0v) is 20.5. The Morgan fingerprint density at radius 3 is 2.03 bits per heavy atom. The van der Waals surface area contributed by atoms with E-state index in [0.717, 1.165) is 22.4 Å². The quantitative estimate of drug-likeness (QED) is 0.431. The van der Waals surface area contributed by atoms with Gasteiger partial charge in [0.2, 0.25) is 11.8 Å². The second-order valence-electron chi connectivity index (χ2n) is 8.19. The Kier molecular flexibility index (Phi) is 9.88. The van der Waals surface area contributed by atoms with Gasteiger partial charge in [-0.2, -0.15) is 0 Å². The molecule has 0 aliphatic carbocycles. The van der Waals surface area contributed by atoms with Crippen LogP contribution in [0.2, 0.25) is 0 Å². The third-order valence-corrected chi connectivity index (χ3v) is 5.66. The van der Waals surface area contributed by atoms with E-state index in [1.165, 1.54) is 4.90 Å². The van der Waals surface area contributed by atoms with E-state index >= 15 is 0 Å². The Hall–Kier alpha value is -4.33. The molecule has 0 spiro atoms. The first-order valence-corrected chi connectivity index (χ1v) is 11.6. The molecular formula is C28H31N3O5. The second kappa shape index (κ2) is 13.5. The van der Waals surface area contributed by atoms with Crippen LogP contribution < -0.4 is 15.4 Å². The molecule has 1 atom stereocenters. The molecule has 0 aromatic heterocycles. The number of alkyl carbamates (subject to hydrolysis) is 1. The van der Waals surface area contributed by atoms with Crippen LogP contribution in [0.3, 0.4) is 0 Å². The summed E-state index contributed by atoms with van der Waals surface area (Å²) in [5.74, 6) is 0.0246. The van der Waals surface area contributed by atoms with Gasteiger partial charge in [-0.05, 0) is 28.8 Å². The minimum absolute atomic E-state index is 0.0983. The number of amides is 3. The summed E-state index contributed by atoms with van der Waals surface area (Å²) in [7, 11) is 3.15. The molecule has 3 rings (SSSR count). The van der Waals surface area contributed by atoms with Crippen molar-refractivity contribution < 1.29 is 23.9 Å². The molecule has 188 valence electrons. The fraction of sp³-hybridized carbons (Fsp3) is 0.250. The lowest BCUT2D eigenvalue weighted by molar-refractivity contribution is -0.138. The number of carbonyl (C=O) groups is 3. The van der Waals surface area contributed by atoms with E-state index in [1.54, 1.807) is 14.2 Å². The molecule has 0 fully saturated rings. The number of carbonyl (C=O) groups excluding carboxylic acids is 3. The molecule has 3 aromatic rings. The normalized spacial score (nSPS) is 11.2. The van der Waals surface area contributed by atoms with Crippen molar-refractivity contribution in [2.75, 3.05) is 20.7 Å². The van der Waals surface area contributed by atoms with Gasteiger partial charge in [-0.3, -0.25) is 9.59 Å². The van der Waals surface area contributed by atoms with Crippen LogP contribution in [0.4, 0.5) is 4.79 Å². The van der Waals surface area contributed by atoms with Crippen LogP contribution in [-0.2, 0) is 33.9 Å². The number of nitrogens with one attached hydrogen (secondary N) is 2. The molecule has 3 aromatic carbocycles. The highest BCUT2D eigenvalue weighted by Crippen LogP contribution is 2.12. The first-order chi connectivity index (χ1) is 17.5. The molecule has 0 unspecified atom stereocenters. The first-order valence-electron chi connectivity index (χ1n) is 11.6. The molecule has 2 N–H and O–H groups in total. The Morgan fingerprint density at radius 2 is 1.42 bits per heavy atom. The van der Waals surface area contributed by atoms with E-state index in [-0.39, 0.29) is 19.1 Å². The van der Waals surface area contributed by atoms with E-state index in [2.05, 4.69) is 10.6 Å². The lowest BCUT2D eigenvalue weighted by atomic mass is 10.0. The van der Waals surface area contributed by atoms with Crippen molar-refractivity contribution in [3.8, 4) is 5.75 Å². The van der Waals surface area contributed by atoms with E-state index in [9.17, 15) is 14.4 Å². The number of benzene rings is 3. The third kappa shape index (κ3) is 8.16. The number of ether oxygens (including phenoxy) is 2. The van der Waals surface area contributed by atoms with Crippen molar-refractivity contribution >= 4 is 17.9 Å². The fourth-order valence-corrected chi connectivity index (χ4v) is 3.51. The maximum absolute atomic E-state index is 13.1. The molecule has 0 saturated heterocycles. The van der Waals surface area contributed by atoms with Crippen molar-refractivity contribution in [3.63, 3.8) is 0 Å². The average Bonchev–Trinajstić information content (AvgIpc) is 2.93. The van der Waals surface area contributed by atoms with E-state index < -0.39 is 18.0 Å². The van der Waals surface area contributed by atoms with Gasteiger partial charge in [-0.25, -0.2) is 4.79 Å². The van der Waals surface area contributed by atoms with E-state index in [1.807, 2.05) is 84.9 Å². The zero-order valence-electron chi connectivity index (χ0n) is 20.5. The molecule has 0 saturated carbocycles. The second-order valence-corrected chi connectivity index (χ2v) is 8.19. The fourth-order valence-electron chi connectivity index (χ4n) is 3.51. The summed E-state index contributed by atoms with van der Waals surface area (Å²) in [6.45, 7) is 0.114. The average molecular weight is 490 g/mol. The van der Waals surface area contributed by atoms with Gasteiger partial charge in [0.15, 0.2) is 0 Å². The molecule has 0 radical (unpaired) electrons. The van der Waals surface area contributed by atoms with Gasteiger partial charge in [0.1, 0.15) is 24.9 Å². The molecule has 36 heavy (non-hydrogen) atoms. The minimum Gasteiger partial charge on any atom is -0.497 e. The lowest BCUT2D eigenvalue weighted by Crippen LogP contribution is -2.51. The van der Waals surface area contributed by atoms with Gasteiger partial charge >= 0.3 is 6.09 Å². The zero-order chi connectivity index (χ0) is 25.8. The van der Waals surface area contributed by atoms with Crippen molar-refractivity contribution in [1.82, 2.24) is 15.5 Å². The minimum atomic E-state index is -0.764. The van der Waals surface area contributed by atoms with Crippen molar-refractivity contribution in [2.24, 2.45) is 0 Å². The summed E-state index contributed by atoms with van der Waals surface area (Å²) in [6, 6.07) is 25.3. The maximum Gasteiger partial charge on any atom is 0.407 e. The molecule has 0 aliphatic heterocycles. The van der Waals surface area contributed by atoms with Gasteiger partial charge in [0, 0.05) is 20.0 Å².